The van der Waals surface area contributed by atoms with E-state index in [0.717, 1.165) is 28.5 Å². The molecule has 0 aliphatic carbocycles. The Morgan fingerprint density at radius 3 is 2.73 bits per heavy atom. The van der Waals surface area contributed by atoms with Gasteiger partial charge in [-0.3, -0.25) is 4.98 Å². The Hall–Kier alpha value is -2.59. The van der Waals surface area contributed by atoms with Crippen LogP contribution in [0.3, 0.4) is 0 Å². The standard InChI is InChI=1S/C22H21N3S/c1-16-6-5-8-18(12-16)15-26-22-24-20-10-11-23-13-21(20)25(22)14-19-9-4-3-7-17(19)2/h3-13H,14-15H2,1-2H3. The number of hydrogen-bond donors (Lipinski definition) is 0. The van der Waals surface area contributed by atoms with E-state index in [1.165, 1.54) is 22.3 Å². The van der Waals surface area contributed by atoms with Crippen LogP contribution in [0.15, 0.2) is 72.1 Å². The van der Waals surface area contributed by atoms with Crippen molar-refractivity contribution in [2.75, 3.05) is 0 Å². The Balaban J connectivity index is 1.68. The molecule has 0 bridgehead atoms. The SMILES string of the molecule is Cc1cccc(CSc2nc3ccncc3n2Cc2ccccc2C)c1. The van der Waals surface area contributed by atoms with E-state index in [1.807, 2.05) is 18.5 Å². The van der Waals surface area contributed by atoms with Crippen LogP contribution in [0, 0.1) is 13.8 Å². The van der Waals surface area contributed by atoms with E-state index in [2.05, 4.69) is 71.9 Å². The zero-order chi connectivity index (χ0) is 17.9. The molecule has 0 atom stereocenters. The molecule has 4 aromatic rings. The number of aryl methyl sites for hydroxylation is 2. The highest BCUT2D eigenvalue weighted by Gasteiger charge is 2.13. The van der Waals surface area contributed by atoms with E-state index in [0.29, 0.717) is 0 Å². The maximum absolute atomic E-state index is 4.86. The van der Waals surface area contributed by atoms with Crippen molar-refractivity contribution in [3.05, 3.63) is 89.2 Å². The second-order valence-corrected chi connectivity index (χ2v) is 7.49. The van der Waals surface area contributed by atoms with Crippen LogP contribution >= 0.6 is 11.8 Å². The molecule has 0 aliphatic heterocycles. The van der Waals surface area contributed by atoms with Crippen molar-refractivity contribution < 1.29 is 0 Å². The number of pyridine rings is 1. The minimum atomic E-state index is 0.811. The fourth-order valence-corrected chi connectivity index (χ4v) is 4.08. The zero-order valence-corrected chi connectivity index (χ0v) is 15.8. The second kappa shape index (κ2) is 7.34. The maximum atomic E-state index is 4.86. The summed E-state index contributed by atoms with van der Waals surface area (Å²) in [6.45, 7) is 5.10. The molecule has 2 aromatic heterocycles. The minimum Gasteiger partial charge on any atom is -0.313 e. The third-order valence-corrected chi connectivity index (χ3v) is 5.60. The lowest BCUT2D eigenvalue weighted by Crippen LogP contribution is -2.03. The molecule has 0 unspecified atom stereocenters. The fourth-order valence-electron chi connectivity index (χ4n) is 3.12. The predicted molar refractivity (Wildman–Crippen MR) is 109 cm³/mol. The molecule has 26 heavy (non-hydrogen) atoms. The van der Waals surface area contributed by atoms with Gasteiger partial charge >= 0.3 is 0 Å². The van der Waals surface area contributed by atoms with E-state index in [4.69, 9.17) is 4.98 Å². The first-order chi connectivity index (χ1) is 12.7. The molecule has 3 nitrogen and oxygen atoms in total. The molecule has 2 heterocycles. The van der Waals surface area contributed by atoms with Gasteiger partial charge in [0, 0.05) is 11.9 Å². The molecule has 0 aliphatic rings. The lowest BCUT2D eigenvalue weighted by molar-refractivity contribution is 0.727. The molecule has 2 aromatic carbocycles. The minimum absolute atomic E-state index is 0.811. The quantitative estimate of drug-likeness (QED) is 0.448. The number of fused-ring (bicyclic) bond motifs is 1. The molecule has 0 amide bonds. The Morgan fingerprint density at radius 2 is 1.88 bits per heavy atom. The van der Waals surface area contributed by atoms with Gasteiger partial charge in [0.05, 0.1) is 23.8 Å². The van der Waals surface area contributed by atoms with Gasteiger partial charge in [-0.15, -0.1) is 0 Å². The average Bonchev–Trinajstić information content (AvgIpc) is 3.00. The largest absolute Gasteiger partial charge is 0.313 e. The van der Waals surface area contributed by atoms with Crippen molar-refractivity contribution in [1.82, 2.24) is 14.5 Å². The third-order valence-electron chi connectivity index (χ3n) is 4.56. The molecule has 0 spiro atoms. The zero-order valence-electron chi connectivity index (χ0n) is 15.0. The van der Waals surface area contributed by atoms with Crippen LogP contribution in [-0.4, -0.2) is 14.5 Å². The van der Waals surface area contributed by atoms with Gasteiger partial charge in [0.1, 0.15) is 0 Å². The summed E-state index contributed by atoms with van der Waals surface area (Å²) in [5.74, 6) is 0.909. The van der Waals surface area contributed by atoms with Crippen LogP contribution < -0.4 is 0 Å². The summed E-state index contributed by atoms with van der Waals surface area (Å²) in [6, 6.07) is 19.2. The highest BCUT2D eigenvalue weighted by Crippen LogP contribution is 2.28. The molecule has 0 saturated carbocycles. The van der Waals surface area contributed by atoms with Crippen LogP contribution in [0.1, 0.15) is 22.3 Å². The van der Waals surface area contributed by atoms with Crippen molar-refractivity contribution >= 4 is 22.8 Å². The second-order valence-electron chi connectivity index (χ2n) is 6.55. The lowest BCUT2D eigenvalue weighted by Gasteiger charge is -2.11. The monoisotopic (exact) mass is 359 g/mol. The molecule has 0 N–H and O–H groups in total. The molecule has 0 radical (unpaired) electrons. The molecule has 0 fully saturated rings. The highest BCUT2D eigenvalue weighted by molar-refractivity contribution is 7.98. The molecular formula is C22H21N3S. The van der Waals surface area contributed by atoms with Gasteiger partial charge in [-0.2, -0.15) is 0 Å². The fraction of sp³-hybridized carbons (Fsp3) is 0.182. The van der Waals surface area contributed by atoms with E-state index < -0.39 is 0 Å². The van der Waals surface area contributed by atoms with Gasteiger partial charge in [-0.25, -0.2) is 4.98 Å². The van der Waals surface area contributed by atoms with Gasteiger partial charge in [-0.1, -0.05) is 65.9 Å². The first-order valence-corrected chi connectivity index (χ1v) is 9.72. The van der Waals surface area contributed by atoms with Gasteiger partial charge in [0.2, 0.25) is 0 Å². The van der Waals surface area contributed by atoms with Gasteiger partial charge in [-0.05, 0) is 36.6 Å². The van der Waals surface area contributed by atoms with Crippen molar-refractivity contribution in [3.8, 4) is 0 Å². The smallest absolute Gasteiger partial charge is 0.169 e. The number of imidazole rings is 1. The molecule has 0 saturated heterocycles. The molecule has 4 rings (SSSR count). The van der Waals surface area contributed by atoms with Crippen LogP contribution in [0.2, 0.25) is 0 Å². The number of aromatic nitrogens is 3. The molecular weight excluding hydrogens is 338 g/mol. The number of rotatable bonds is 5. The summed E-state index contributed by atoms with van der Waals surface area (Å²) in [5.41, 5.74) is 7.31. The topological polar surface area (TPSA) is 30.7 Å². The van der Waals surface area contributed by atoms with Crippen LogP contribution in [0.5, 0.6) is 0 Å². The van der Waals surface area contributed by atoms with Crippen molar-refractivity contribution in [2.24, 2.45) is 0 Å². The van der Waals surface area contributed by atoms with E-state index >= 15 is 0 Å². The summed E-state index contributed by atoms with van der Waals surface area (Å²) in [5, 5.41) is 1.04. The predicted octanol–water partition coefficient (Wildman–Crippen LogP) is 5.39. The van der Waals surface area contributed by atoms with Crippen molar-refractivity contribution in [1.29, 1.82) is 0 Å². The van der Waals surface area contributed by atoms with E-state index in [1.54, 1.807) is 11.8 Å². The van der Waals surface area contributed by atoms with E-state index in [-0.39, 0.29) is 0 Å². The van der Waals surface area contributed by atoms with E-state index in [9.17, 15) is 0 Å². The van der Waals surface area contributed by atoms with Gasteiger partial charge in [0.15, 0.2) is 5.16 Å². The Kier molecular flexibility index (Phi) is 4.76. The summed E-state index contributed by atoms with van der Waals surface area (Å²) in [7, 11) is 0. The summed E-state index contributed by atoms with van der Waals surface area (Å²) >= 11 is 1.78. The lowest BCUT2D eigenvalue weighted by atomic mass is 10.1. The Labute approximate surface area is 158 Å². The third kappa shape index (κ3) is 3.51. The van der Waals surface area contributed by atoms with Crippen molar-refractivity contribution in [3.63, 3.8) is 0 Å². The Bertz CT molecular complexity index is 1050. The number of hydrogen-bond acceptors (Lipinski definition) is 3. The highest BCUT2D eigenvalue weighted by atomic mass is 32.2. The summed E-state index contributed by atoms with van der Waals surface area (Å²) in [6.07, 6.45) is 3.72. The molecule has 4 heteroatoms. The van der Waals surface area contributed by atoms with Crippen molar-refractivity contribution in [2.45, 2.75) is 31.3 Å². The average molecular weight is 359 g/mol. The number of benzene rings is 2. The molecule has 130 valence electrons. The number of nitrogens with zero attached hydrogens (tertiary/aromatic N) is 3. The Morgan fingerprint density at radius 1 is 1.00 bits per heavy atom. The first kappa shape index (κ1) is 16.9. The first-order valence-electron chi connectivity index (χ1n) is 8.74. The van der Waals surface area contributed by atoms with Crippen LogP contribution in [0.25, 0.3) is 11.0 Å². The maximum Gasteiger partial charge on any atom is 0.169 e. The van der Waals surface area contributed by atoms with Gasteiger partial charge in [0.25, 0.3) is 0 Å². The van der Waals surface area contributed by atoms with Gasteiger partial charge < -0.3 is 4.57 Å². The summed E-state index contributed by atoms with van der Waals surface area (Å²) in [4.78, 5) is 9.17. The van der Waals surface area contributed by atoms with Crippen LogP contribution in [-0.2, 0) is 12.3 Å². The number of thioether (sulfide) groups is 1. The normalized spacial score (nSPS) is 11.2. The summed E-state index contributed by atoms with van der Waals surface area (Å²) < 4.78 is 2.28. The van der Waals surface area contributed by atoms with Crippen LogP contribution in [0.4, 0.5) is 0 Å².